The Hall–Kier alpha value is -3.93. The van der Waals surface area contributed by atoms with Gasteiger partial charge in [-0.05, 0) is 74.1 Å². The van der Waals surface area contributed by atoms with E-state index in [2.05, 4.69) is 62.4 Å². The number of H-pyrrole nitrogens is 2. The molecule has 6 rings (SSSR count). The summed E-state index contributed by atoms with van der Waals surface area (Å²) < 4.78 is 5.63. The molecular weight excluding hydrogens is 448 g/mol. The fourth-order valence-corrected chi connectivity index (χ4v) is 5.76. The summed E-state index contributed by atoms with van der Waals surface area (Å²) in [7, 11) is 0. The van der Waals surface area contributed by atoms with E-state index in [1.807, 2.05) is 13.0 Å². The lowest BCUT2D eigenvalue weighted by atomic mass is 10.00. The zero-order valence-corrected chi connectivity index (χ0v) is 21.4. The van der Waals surface area contributed by atoms with Gasteiger partial charge >= 0.3 is 5.97 Å². The van der Waals surface area contributed by atoms with Crippen LogP contribution in [0, 0.1) is 13.8 Å². The van der Waals surface area contributed by atoms with E-state index in [1.165, 1.54) is 11.1 Å². The van der Waals surface area contributed by atoms with Crippen LogP contribution in [-0.4, -0.2) is 25.9 Å². The van der Waals surface area contributed by atoms with Crippen LogP contribution in [-0.2, 0) is 24.2 Å². The molecule has 8 bridgehead atoms. The number of nitrogens with one attached hydrogen (secondary N) is 2. The first-order chi connectivity index (χ1) is 17.3. The third-order valence-corrected chi connectivity index (χ3v) is 7.93. The molecular formula is C30H30N4O2. The molecule has 0 spiro atoms. The van der Waals surface area contributed by atoms with Crippen molar-refractivity contribution < 1.29 is 9.53 Å². The molecule has 182 valence electrons. The SMILES string of the molecule is C=CC1=C(C)c2cc3nc(c4c5[nH]c(cc6[nH]c(cc1n2)c(C)c6CC)c(C)c5C(=O)OC4)C[C@@H]3C. The van der Waals surface area contributed by atoms with Gasteiger partial charge in [-0.25, -0.2) is 9.78 Å². The molecule has 0 saturated carbocycles. The summed E-state index contributed by atoms with van der Waals surface area (Å²) in [5.41, 5.74) is 14.6. The van der Waals surface area contributed by atoms with Crippen molar-refractivity contribution >= 4 is 39.2 Å². The van der Waals surface area contributed by atoms with Gasteiger partial charge in [0, 0.05) is 39.3 Å². The van der Waals surface area contributed by atoms with Crippen LogP contribution >= 0.6 is 0 Å². The zero-order valence-electron chi connectivity index (χ0n) is 21.4. The second-order valence-corrected chi connectivity index (χ2v) is 10.0. The molecule has 0 aromatic carbocycles. The minimum absolute atomic E-state index is 0.226. The van der Waals surface area contributed by atoms with E-state index < -0.39 is 0 Å². The third kappa shape index (κ3) is 3.20. The maximum absolute atomic E-state index is 12.8. The number of cyclic esters (lactones) is 1. The number of allylic oxidation sites excluding steroid dienone is 3. The van der Waals surface area contributed by atoms with Gasteiger partial charge in [0.15, 0.2) is 0 Å². The molecule has 0 saturated heterocycles. The van der Waals surface area contributed by atoms with E-state index in [1.54, 1.807) is 0 Å². The molecule has 3 aromatic rings. The largest absolute Gasteiger partial charge is 0.457 e. The van der Waals surface area contributed by atoms with Crippen molar-refractivity contribution in [3.63, 3.8) is 0 Å². The lowest BCUT2D eigenvalue weighted by Gasteiger charge is -2.13. The van der Waals surface area contributed by atoms with Gasteiger partial charge in [-0.2, -0.15) is 0 Å². The molecule has 0 radical (unpaired) electrons. The molecule has 6 heterocycles. The third-order valence-electron chi connectivity index (χ3n) is 7.93. The Bertz CT molecular complexity index is 1680. The monoisotopic (exact) mass is 478 g/mol. The van der Waals surface area contributed by atoms with Gasteiger partial charge in [-0.1, -0.05) is 26.5 Å². The second-order valence-electron chi connectivity index (χ2n) is 10.0. The normalized spacial score (nSPS) is 16.9. The molecule has 0 unspecified atom stereocenters. The van der Waals surface area contributed by atoms with Crippen molar-refractivity contribution in [2.24, 2.45) is 0 Å². The number of hydrogen-bond donors (Lipinski definition) is 2. The first kappa shape index (κ1) is 22.5. The molecule has 0 fully saturated rings. The first-order valence-corrected chi connectivity index (χ1v) is 12.6. The Balaban J connectivity index is 1.83. The minimum atomic E-state index is -0.282. The highest BCUT2D eigenvalue weighted by molar-refractivity contribution is 6.04. The number of carbonyl (C=O) groups excluding carboxylic acids is 1. The summed E-state index contributed by atoms with van der Waals surface area (Å²) in [4.78, 5) is 30.0. The molecule has 3 aliphatic heterocycles. The van der Waals surface area contributed by atoms with E-state index >= 15 is 0 Å². The number of ether oxygens (including phenoxy) is 1. The Morgan fingerprint density at radius 1 is 1.06 bits per heavy atom. The molecule has 3 aromatic heterocycles. The van der Waals surface area contributed by atoms with Gasteiger partial charge in [-0.15, -0.1) is 0 Å². The number of aromatic amines is 2. The van der Waals surface area contributed by atoms with Crippen LogP contribution in [0.15, 0.2) is 30.9 Å². The topological polar surface area (TPSA) is 83.7 Å². The molecule has 3 aliphatic rings. The summed E-state index contributed by atoms with van der Waals surface area (Å²) in [5, 5.41) is 0. The number of rotatable bonds is 2. The van der Waals surface area contributed by atoms with Crippen molar-refractivity contribution in [1.82, 2.24) is 19.9 Å². The van der Waals surface area contributed by atoms with Crippen molar-refractivity contribution in [3.05, 3.63) is 81.4 Å². The Morgan fingerprint density at radius 2 is 1.83 bits per heavy atom. The standard InChI is InChI=1S/C30H30N4O2/c1-7-18-15(4)22-10-21-14(3)9-25(31-21)20-13-36-30(35)28-17(6)24(34-29(20)28)12-27-19(8-2)16(5)23(33-27)11-26(18)32-22/h7,10-12,14,33-34H,1,8-9,13H2,2-6H3/t14-/m0/s1. The van der Waals surface area contributed by atoms with Crippen LogP contribution < -0.4 is 0 Å². The maximum atomic E-state index is 12.8. The molecule has 0 aliphatic carbocycles. The highest BCUT2D eigenvalue weighted by Gasteiger charge is 2.28. The molecule has 6 heteroatoms. The Morgan fingerprint density at radius 3 is 2.58 bits per heavy atom. The number of hydrogen-bond acceptors (Lipinski definition) is 4. The highest BCUT2D eigenvalue weighted by Crippen LogP contribution is 2.36. The van der Waals surface area contributed by atoms with Gasteiger partial charge in [0.1, 0.15) is 6.61 Å². The summed E-state index contributed by atoms with van der Waals surface area (Å²) in [6.07, 6.45) is 3.57. The number of esters is 1. The van der Waals surface area contributed by atoms with Crippen LogP contribution in [0.3, 0.4) is 0 Å². The van der Waals surface area contributed by atoms with E-state index in [0.29, 0.717) is 5.56 Å². The van der Waals surface area contributed by atoms with E-state index in [-0.39, 0.29) is 18.5 Å². The van der Waals surface area contributed by atoms with Crippen LogP contribution in [0.1, 0.15) is 82.1 Å². The number of fused-ring (bicyclic) bond motifs is 8. The summed E-state index contributed by atoms with van der Waals surface area (Å²) in [5.74, 6) is -0.0439. The van der Waals surface area contributed by atoms with Crippen molar-refractivity contribution in [2.45, 2.75) is 60.0 Å². The highest BCUT2D eigenvalue weighted by atomic mass is 16.5. The maximum Gasteiger partial charge on any atom is 0.340 e. The van der Waals surface area contributed by atoms with Crippen LogP contribution in [0.4, 0.5) is 0 Å². The van der Waals surface area contributed by atoms with E-state index in [4.69, 9.17) is 14.7 Å². The van der Waals surface area contributed by atoms with Gasteiger partial charge < -0.3 is 14.7 Å². The molecule has 1 atom stereocenters. The summed E-state index contributed by atoms with van der Waals surface area (Å²) in [6, 6.07) is 6.33. The molecule has 0 amide bonds. The number of aromatic nitrogens is 4. The van der Waals surface area contributed by atoms with Gasteiger partial charge in [-0.3, -0.25) is 4.98 Å². The van der Waals surface area contributed by atoms with Crippen molar-refractivity contribution in [3.8, 4) is 0 Å². The average molecular weight is 479 g/mol. The van der Waals surface area contributed by atoms with Crippen LogP contribution in [0.25, 0.3) is 33.2 Å². The molecule has 2 N–H and O–H groups in total. The predicted molar refractivity (Wildman–Crippen MR) is 144 cm³/mol. The van der Waals surface area contributed by atoms with Crippen molar-refractivity contribution in [1.29, 1.82) is 0 Å². The van der Waals surface area contributed by atoms with Gasteiger partial charge in [0.25, 0.3) is 0 Å². The van der Waals surface area contributed by atoms with Crippen LogP contribution in [0.5, 0.6) is 0 Å². The number of carbonyl (C=O) groups is 1. The van der Waals surface area contributed by atoms with Gasteiger partial charge in [0.2, 0.25) is 0 Å². The number of aryl methyl sites for hydroxylation is 3. The summed E-state index contributed by atoms with van der Waals surface area (Å²) >= 11 is 0. The summed E-state index contributed by atoms with van der Waals surface area (Å²) in [6.45, 7) is 14.8. The van der Waals surface area contributed by atoms with E-state index in [0.717, 1.165) is 80.0 Å². The lowest BCUT2D eigenvalue weighted by Crippen LogP contribution is -2.13. The molecule has 6 nitrogen and oxygen atoms in total. The smallest absolute Gasteiger partial charge is 0.340 e. The zero-order chi connectivity index (χ0) is 25.3. The van der Waals surface area contributed by atoms with E-state index in [9.17, 15) is 4.79 Å². The first-order valence-electron chi connectivity index (χ1n) is 12.6. The minimum Gasteiger partial charge on any atom is -0.457 e. The molecule has 36 heavy (non-hydrogen) atoms. The lowest BCUT2D eigenvalue weighted by molar-refractivity contribution is 0.0461. The van der Waals surface area contributed by atoms with Crippen molar-refractivity contribution in [2.75, 3.05) is 0 Å². The fraction of sp³-hybridized carbons (Fsp3) is 0.300. The van der Waals surface area contributed by atoms with Crippen LogP contribution in [0.2, 0.25) is 0 Å². The average Bonchev–Trinajstić information content (AvgIpc) is 3.54. The van der Waals surface area contributed by atoms with Gasteiger partial charge in [0.05, 0.1) is 28.2 Å². The number of nitrogens with zero attached hydrogens (tertiary/aromatic N) is 2. The predicted octanol–water partition coefficient (Wildman–Crippen LogP) is 6.63. The Kier molecular flexibility index (Phi) is 5.04. The fourth-order valence-electron chi connectivity index (χ4n) is 5.76. The Labute approximate surface area is 210 Å². The quantitative estimate of drug-likeness (QED) is 0.405. The second kappa shape index (κ2) is 8.05.